The minimum Gasteiger partial charge on any atom is -0.459 e. The van der Waals surface area contributed by atoms with E-state index in [0.717, 1.165) is 18.4 Å². The largest absolute Gasteiger partial charge is 0.459 e. The van der Waals surface area contributed by atoms with Crippen LogP contribution in [-0.4, -0.2) is 25.0 Å². The van der Waals surface area contributed by atoms with E-state index in [4.69, 9.17) is 9.68 Å². The van der Waals surface area contributed by atoms with Gasteiger partial charge >= 0.3 is 0 Å². The Morgan fingerprint density at radius 3 is 2.71 bits per heavy atom. The summed E-state index contributed by atoms with van der Waals surface area (Å²) in [7, 11) is 0. The number of nitriles is 1. The van der Waals surface area contributed by atoms with Gasteiger partial charge in [0.25, 0.3) is 5.91 Å². The lowest BCUT2D eigenvalue weighted by Crippen LogP contribution is -2.45. The molecule has 24 heavy (non-hydrogen) atoms. The van der Waals surface area contributed by atoms with E-state index in [2.05, 4.69) is 5.32 Å². The normalized spacial score (nSPS) is 15.1. The third-order valence-electron chi connectivity index (χ3n) is 4.32. The summed E-state index contributed by atoms with van der Waals surface area (Å²) < 4.78 is 19.3. The third-order valence-corrected chi connectivity index (χ3v) is 4.32. The van der Waals surface area contributed by atoms with Crippen molar-refractivity contribution >= 4 is 11.6 Å². The van der Waals surface area contributed by atoms with Crippen LogP contribution in [0.5, 0.6) is 0 Å². The van der Waals surface area contributed by atoms with E-state index in [1.165, 1.54) is 12.3 Å². The predicted octanol–water partition coefficient (Wildman–Crippen LogP) is 3.00. The molecule has 1 saturated heterocycles. The standard InChI is InChI=1S/C18H18FN3O2/c1-12-6-9-24-17(12)18(23)21-14-4-7-22(8-5-14)16-3-2-13(11-20)10-15(16)19/h2-3,6,9-10,14H,4-5,7-8H2,1H3,(H,21,23). The Balaban J connectivity index is 1.59. The molecule has 0 bridgehead atoms. The van der Waals surface area contributed by atoms with Crippen molar-refractivity contribution in [3.05, 3.63) is 53.2 Å². The summed E-state index contributed by atoms with van der Waals surface area (Å²) in [5, 5.41) is 11.8. The van der Waals surface area contributed by atoms with Crippen molar-refractivity contribution < 1.29 is 13.6 Å². The van der Waals surface area contributed by atoms with E-state index in [1.54, 1.807) is 18.2 Å². The Labute approximate surface area is 139 Å². The number of rotatable bonds is 3. The quantitative estimate of drug-likeness (QED) is 0.941. The Hall–Kier alpha value is -2.81. The highest BCUT2D eigenvalue weighted by Gasteiger charge is 2.24. The fourth-order valence-corrected chi connectivity index (χ4v) is 2.95. The molecule has 0 aliphatic carbocycles. The summed E-state index contributed by atoms with van der Waals surface area (Å²) in [5.41, 5.74) is 1.62. The first kappa shape index (κ1) is 16.1. The molecular formula is C18H18FN3O2. The summed E-state index contributed by atoms with van der Waals surface area (Å²) in [6.45, 7) is 3.12. The molecule has 2 aromatic rings. The van der Waals surface area contributed by atoms with Crippen LogP contribution in [0.15, 0.2) is 34.9 Å². The number of amides is 1. The molecule has 1 amide bonds. The highest BCUT2D eigenvalue weighted by atomic mass is 19.1. The van der Waals surface area contributed by atoms with Gasteiger partial charge in [-0.2, -0.15) is 5.26 Å². The first-order valence-electron chi connectivity index (χ1n) is 7.88. The summed E-state index contributed by atoms with van der Waals surface area (Å²) in [6, 6.07) is 8.23. The highest BCUT2D eigenvalue weighted by Crippen LogP contribution is 2.24. The van der Waals surface area contributed by atoms with Crippen LogP contribution in [0.1, 0.15) is 34.5 Å². The van der Waals surface area contributed by atoms with Gasteiger partial charge in [0, 0.05) is 24.7 Å². The van der Waals surface area contributed by atoms with E-state index in [9.17, 15) is 9.18 Å². The second-order valence-electron chi connectivity index (χ2n) is 5.95. The zero-order valence-electron chi connectivity index (χ0n) is 13.4. The Morgan fingerprint density at radius 1 is 1.38 bits per heavy atom. The molecule has 124 valence electrons. The Bertz CT molecular complexity index is 786. The molecule has 1 aromatic carbocycles. The molecule has 0 radical (unpaired) electrons. The smallest absolute Gasteiger partial charge is 0.287 e. The SMILES string of the molecule is Cc1ccoc1C(=O)NC1CCN(c2ccc(C#N)cc2F)CC1. The van der Waals surface area contributed by atoms with Gasteiger partial charge in [0.1, 0.15) is 5.82 Å². The number of nitrogens with one attached hydrogen (secondary N) is 1. The second-order valence-corrected chi connectivity index (χ2v) is 5.95. The number of furan rings is 1. The van der Waals surface area contributed by atoms with Crippen molar-refractivity contribution in [1.29, 1.82) is 5.26 Å². The first-order valence-corrected chi connectivity index (χ1v) is 7.88. The lowest BCUT2D eigenvalue weighted by atomic mass is 10.0. The molecule has 1 aliphatic rings. The predicted molar refractivity (Wildman–Crippen MR) is 87.3 cm³/mol. The van der Waals surface area contributed by atoms with Crippen LogP contribution in [0.3, 0.4) is 0 Å². The van der Waals surface area contributed by atoms with E-state index >= 15 is 0 Å². The fraction of sp³-hybridized carbons (Fsp3) is 0.333. The molecule has 1 aliphatic heterocycles. The maximum absolute atomic E-state index is 14.1. The molecule has 1 aromatic heterocycles. The van der Waals surface area contributed by atoms with Gasteiger partial charge in [-0.3, -0.25) is 4.79 Å². The van der Waals surface area contributed by atoms with Gasteiger partial charge in [0.15, 0.2) is 5.76 Å². The van der Waals surface area contributed by atoms with Gasteiger partial charge in [0.2, 0.25) is 0 Å². The number of aryl methyl sites for hydroxylation is 1. The van der Waals surface area contributed by atoms with Crippen molar-refractivity contribution in [3.8, 4) is 6.07 Å². The zero-order chi connectivity index (χ0) is 17.1. The maximum Gasteiger partial charge on any atom is 0.287 e. The number of nitrogens with zero attached hydrogens (tertiary/aromatic N) is 2. The van der Waals surface area contributed by atoms with Crippen LogP contribution in [0.2, 0.25) is 0 Å². The number of hydrogen-bond acceptors (Lipinski definition) is 4. The van der Waals surface area contributed by atoms with Crippen molar-refractivity contribution in [1.82, 2.24) is 5.32 Å². The molecule has 0 spiro atoms. The number of hydrogen-bond donors (Lipinski definition) is 1. The lowest BCUT2D eigenvalue weighted by Gasteiger charge is -2.34. The van der Waals surface area contributed by atoms with Crippen LogP contribution in [0.25, 0.3) is 0 Å². The number of carbonyl (C=O) groups excluding carboxylic acids is 1. The summed E-state index contributed by atoms with van der Waals surface area (Å²) in [6.07, 6.45) is 2.95. The van der Waals surface area contributed by atoms with E-state index in [-0.39, 0.29) is 17.8 Å². The molecule has 2 heterocycles. The number of halogens is 1. The average molecular weight is 327 g/mol. The van der Waals surface area contributed by atoms with Crippen LogP contribution in [0.4, 0.5) is 10.1 Å². The Kier molecular flexibility index (Phi) is 4.52. The molecule has 6 heteroatoms. The lowest BCUT2D eigenvalue weighted by molar-refractivity contribution is 0.0902. The number of piperidine rings is 1. The van der Waals surface area contributed by atoms with Gasteiger partial charge in [0.05, 0.1) is 23.6 Å². The molecule has 0 atom stereocenters. The molecule has 0 unspecified atom stereocenters. The molecule has 5 nitrogen and oxygen atoms in total. The first-order chi connectivity index (χ1) is 11.6. The third kappa shape index (κ3) is 3.25. The molecular weight excluding hydrogens is 309 g/mol. The van der Waals surface area contributed by atoms with Crippen LogP contribution < -0.4 is 10.2 Å². The van der Waals surface area contributed by atoms with Gasteiger partial charge in [-0.25, -0.2) is 4.39 Å². The van der Waals surface area contributed by atoms with Gasteiger partial charge in [-0.1, -0.05) is 0 Å². The minimum atomic E-state index is -0.386. The number of anilines is 1. The zero-order valence-corrected chi connectivity index (χ0v) is 13.4. The average Bonchev–Trinajstić information content (AvgIpc) is 3.02. The van der Waals surface area contributed by atoms with Crippen molar-refractivity contribution in [2.24, 2.45) is 0 Å². The summed E-state index contributed by atoms with van der Waals surface area (Å²) in [4.78, 5) is 14.1. The topological polar surface area (TPSA) is 69.3 Å². The van der Waals surface area contributed by atoms with Crippen molar-refractivity contribution in [2.75, 3.05) is 18.0 Å². The monoisotopic (exact) mass is 327 g/mol. The minimum absolute atomic E-state index is 0.0414. The number of carbonyl (C=O) groups is 1. The number of benzene rings is 1. The Morgan fingerprint density at radius 2 is 2.12 bits per heavy atom. The summed E-state index contributed by atoms with van der Waals surface area (Å²) in [5.74, 6) is -0.251. The van der Waals surface area contributed by atoms with E-state index in [0.29, 0.717) is 30.1 Å². The van der Waals surface area contributed by atoms with E-state index in [1.807, 2.05) is 17.9 Å². The van der Waals surface area contributed by atoms with Crippen LogP contribution >= 0.6 is 0 Å². The molecule has 3 rings (SSSR count). The molecule has 0 saturated carbocycles. The van der Waals surface area contributed by atoms with Gasteiger partial charge in [-0.05, 0) is 44.0 Å². The highest BCUT2D eigenvalue weighted by molar-refractivity contribution is 5.93. The second kappa shape index (κ2) is 6.75. The summed E-state index contributed by atoms with van der Waals surface area (Å²) >= 11 is 0. The van der Waals surface area contributed by atoms with Crippen LogP contribution in [0, 0.1) is 24.1 Å². The molecule has 1 fully saturated rings. The van der Waals surface area contributed by atoms with Crippen LogP contribution in [-0.2, 0) is 0 Å². The fourth-order valence-electron chi connectivity index (χ4n) is 2.95. The van der Waals surface area contributed by atoms with Gasteiger partial charge < -0.3 is 14.6 Å². The molecule has 1 N–H and O–H groups in total. The van der Waals surface area contributed by atoms with Gasteiger partial charge in [-0.15, -0.1) is 0 Å². The van der Waals surface area contributed by atoms with Crippen molar-refractivity contribution in [3.63, 3.8) is 0 Å². The van der Waals surface area contributed by atoms with Crippen molar-refractivity contribution in [2.45, 2.75) is 25.8 Å². The van der Waals surface area contributed by atoms with E-state index < -0.39 is 0 Å². The maximum atomic E-state index is 14.1.